The number of likely N-dealkylation sites (tertiary alicyclic amines) is 1. The molecule has 1 aliphatic heterocycles. The van der Waals surface area contributed by atoms with E-state index in [0.29, 0.717) is 6.04 Å². The molecule has 1 saturated heterocycles. The third kappa shape index (κ3) is 2.64. The zero-order valence-corrected chi connectivity index (χ0v) is 11.7. The van der Waals surface area contributed by atoms with Crippen LogP contribution in [0.4, 0.5) is 0 Å². The highest BCUT2D eigenvalue weighted by Crippen LogP contribution is 2.32. The Morgan fingerprint density at radius 2 is 2.21 bits per heavy atom. The van der Waals surface area contributed by atoms with Crippen LogP contribution in [0.15, 0.2) is 36.5 Å². The summed E-state index contributed by atoms with van der Waals surface area (Å²) in [5.74, 6) is 0. The van der Waals surface area contributed by atoms with Gasteiger partial charge in [-0.3, -0.25) is 9.88 Å². The van der Waals surface area contributed by atoms with Crippen molar-refractivity contribution < 1.29 is 0 Å². The number of hydrogen-bond acceptors (Lipinski definition) is 2. The first-order valence-corrected chi connectivity index (χ1v) is 7.47. The molecule has 0 unspecified atom stereocenters. The second-order valence-corrected chi connectivity index (χ2v) is 5.51. The van der Waals surface area contributed by atoms with Gasteiger partial charge in [-0.2, -0.15) is 0 Å². The monoisotopic (exact) mass is 254 g/mol. The van der Waals surface area contributed by atoms with Crippen molar-refractivity contribution in [2.24, 2.45) is 0 Å². The van der Waals surface area contributed by atoms with E-state index in [0.717, 1.165) is 5.52 Å². The Kier molecular flexibility index (Phi) is 3.79. The lowest BCUT2D eigenvalue weighted by molar-refractivity contribution is 0.253. The summed E-state index contributed by atoms with van der Waals surface area (Å²) >= 11 is 0. The van der Waals surface area contributed by atoms with Crippen LogP contribution < -0.4 is 0 Å². The Labute approximate surface area is 115 Å². The van der Waals surface area contributed by atoms with Crippen molar-refractivity contribution in [1.82, 2.24) is 9.88 Å². The number of para-hydroxylation sites is 1. The molecule has 1 atom stereocenters. The lowest BCUT2D eigenvalue weighted by Gasteiger charge is -2.24. The zero-order chi connectivity index (χ0) is 13.1. The summed E-state index contributed by atoms with van der Waals surface area (Å²) < 4.78 is 0. The van der Waals surface area contributed by atoms with Gasteiger partial charge in [0.2, 0.25) is 0 Å². The molecule has 0 N–H and O–H groups in total. The number of unbranched alkanes of at least 4 members (excludes halogenated alkanes) is 1. The average Bonchev–Trinajstić information content (AvgIpc) is 2.93. The van der Waals surface area contributed by atoms with Crippen molar-refractivity contribution in [3.8, 4) is 0 Å². The fraction of sp³-hybridized carbons (Fsp3) is 0.471. The first-order chi connectivity index (χ1) is 9.38. The van der Waals surface area contributed by atoms with Crippen LogP contribution in [0.25, 0.3) is 10.9 Å². The lowest BCUT2D eigenvalue weighted by atomic mass is 10.0. The number of rotatable bonds is 4. The van der Waals surface area contributed by atoms with Crippen LogP contribution in [0.2, 0.25) is 0 Å². The Morgan fingerprint density at radius 3 is 3.11 bits per heavy atom. The van der Waals surface area contributed by atoms with E-state index in [1.54, 1.807) is 0 Å². The molecular formula is C17H22N2. The van der Waals surface area contributed by atoms with Crippen molar-refractivity contribution in [2.45, 2.75) is 38.6 Å². The summed E-state index contributed by atoms with van der Waals surface area (Å²) in [6.45, 7) is 4.74. The molecule has 19 heavy (non-hydrogen) atoms. The number of benzene rings is 1. The fourth-order valence-corrected chi connectivity index (χ4v) is 3.10. The maximum atomic E-state index is 4.61. The molecule has 0 saturated carbocycles. The smallest absolute Gasteiger partial charge is 0.0702 e. The van der Waals surface area contributed by atoms with Gasteiger partial charge in [-0.05, 0) is 50.0 Å². The maximum Gasteiger partial charge on any atom is 0.0702 e. The quantitative estimate of drug-likeness (QED) is 0.814. The Hall–Kier alpha value is -1.41. The Balaban J connectivity index is 1.86. The highest BCUT2D eigenvalue weighted by Gasteiger charge is 2.25. The van der Waals surface area contributed by atoms with Crippen LogP contribution in [0.5, 0.6) is 0 Å². The molecule has 100 valence electrons. The van der Waals surface area contributed by atoms with Gasteiger partial charge < -0.3 is 0 Å². The average molecular weight is 254 g/mol. The van der Waals surface area contributed by atoms with Crippen molar-refractivity contribution in [3.05, 3.63) is 42.1 Å². The van der Waals surface area contributed by atoms with Crippen LogP contribution in [-0.4, -0.2) is 23.0 Å². The van der Waals surface area contributed by atoms with E-state index in [4.69, 9.17) is 0 Å². The second kappa shape index (κ2) is 5.70. The molecule has 1 aromatic heterocycles. The lowest BCUT2D eigenvalue weighted by Crippen LogP contribution is -2.24. The molecule has 0 aliphatic carbocycles. The van der Waals surface area contributed by atoms with E-state index >= 15 is 0 Å². The van der Waals surface area contributed by atoms with Gasteiger partial charge in [0.05, 0.1) is 5.52 Å². The minimum Gasteiger partial charge on any atom is -0.296 e. The fourth-order valence-electron chi connectivity index (χ4n) is 3.10. The summed E-state index contributed by atoms with van der Waals surface area (Å²) in [4.78, 5) is 7.25. The number of fused-ring (bicyclic) bond motifs is 1. The van der Waals surface area contributed by atoms with Crippen LogP contribution in [0.3, 0.4) is 0 Å². The highest BCUT2D eigenvalue weighted by atomic mass is 15.2. The molecule has 3 rings (SSSR count). The first-order valence-electron chi connectivity index (χ1n) is 7.47. The predicted octanol–water partition coefficient (Wildman–Crippen LogP) is 4.17. The van der Waals surface area contributed by atoms with E-state index in [-0.39, 0.29) is 0 Å². The number of hydrogen-bond donors (Lipinski definition) is 0. The SMILES string of the molecule is CCCCN1CCC[C@@H]1c1cnc2ccccc2c1. The zero-order valence-electron chi connectivity index (χ0n) is 11.7. The molecule has 0 bridgehead atoms. The van der Waals surface area contributed by atoms with Gasteiger partial charge in [0.1, 0.15) is 0 Å². The number of pyridine rings is 1. The molecule has 2 heteroatoms. The first kappa shape index (κ1) is 12.6. The van der Waals surface area contributed by atoms with Crippen molar-refractivity contribution >= 4 is 10.9 Å². The van der Waals surface area contributed by atoms with E-state index in [1.807, 2.05) is 0 Å². The maximum absolute atomic E-state index is 4.61. The number of aromatic nitrogens is 1. The summed E-state index contributed by atoms with van der Waals surface area (Å²) in [6, 6.07) is 11.3. The summed E-state index contributed by atoms with van der Waals surface area (Å²) in [6.07, 6.45) is 7.26. The van der Waals surface area contributed by atoms with Crippen LogP contribution >= 0.6 is 0 Å². The predicted molar refractivity (Wildman–Crippen MR) is 80.2 cm³/mol. The molecule has 0 radical (unpaired) electrons. The Morgan fingerprint density at radius 1 is 1.32 bits per heavy atom. The second-order valence-electron chi connectivity index (χ2n) is 5.51. The molecular weight excluding hydrogens is 232 g/mol. The summed E-state index contributed by atoms with van der Waals surface area (Å²) in [5.41, 5.74) is 2.50. The van der Waals surface area contributed by atoms with Gasteiger partial charge in [-0.15, -0.1) is 0 Å². The van der Waals surface area contributed by atoms with Crippen LogP contribution in [-0.2, 0) is 0 Å². The van der Waals surface area contributed by atoms with E-state index in [2.05, 4.69) is 53.3 Å². The van der Waals surface area contributed by atoms with Crippen LogP contribution in [0.1, 0.15) is 44.2 Å². The minimum atomic E-state index is 0.587. The van der Waals surface area contributed by atoms with E-state index in [1.165, 1.54) is 49.7 Å². The molecule has 2 aromatic rings. The van der Waals surface area contributed by atoms with Crippen LogP contribution in [0, 0.1) is 0 Å². The van der Waals surface area contributed by atoms with E-state index < -0.39 is 0 Å². The highest BCUT2D eigenvalue weighted by molar-refractivity contribution is 5.78. The largest absolute Gasteiger partial charge is 0.296 e. The topological polar surface area (TPSA) is 16.1 Å². The Bertz CT molecular complexity index is 550. The van der Waals surface area contributed by atoms with Gasteiger partial charge in [0, 0.05) is 17.6 Å². The molecule has 2 heterocycles. The molecule has 2 nitrogen and oxygen atoms in total. The molecule has 1 fully saturated rings. The van der Waals surface area contributed by atoms with Gasteiger partial charge >= 0.3 is 0 Å². The molecule has 0 spiro atoms. The van der Waals surface area contributed by atoms with Crippen molar-refractivity contribution in [1.29, 1.82) is 0 Å². The molecule has 0 amide bonds. The van der Waals surface area contributed by atoms with Gasteiger partial charge in [-0.25, -0.2) is 0 Å². The molecule has 1 aliphatic rings. The van der Waals surface area contributed by atoms with E-state index in [9.17, 15) is 0 Å². The third-order valence-electron chi connectivity index (χ3n) is 4.16. The third-order valence-corrected chi connectivity index (χ3v) is 4.16. The summed E-state index contributed by atoms with van der Waals surface area (Å²) in [5, 5.41) is 1.27. The number of nitrogens with zero attached hydrogens (tertiary/aromatic N) is 2. The minimum absolute atomic E-state index is 0.587. The standard InChI is InChI=1S/C17H22N2/c1-2-3-10-19-11-6-9-17(19)15-12-14-7-4-5-8-16(14)18-13-15/h4-5,7-8,12-13,17H,2-3,6,9-11H2,1H3/t17-/m1/s1. The molecule has 1 aromatic carbocycles. The van der Waals surface area contributed by atoms with Crippen molar-refractivity contribution in [3.63, 3.8) is 0 Å². The normalized spacial score (nSPS) is 20.2. The van der Waals surface area contributed by atoms with Gasteiger partial charge in [0.25, 0.3) is 0 Å². The summed E-state index contributed by atoms with van der Waals surface area (Å²) in [7, 11) is 0. The van der Waals surface area contributed by atoms with Gasteiger partial charge in [-0.1, -0.05) is 31.5 Å². The van der Waals surface area contributed by atoms with Crippen molar-refractivity contribution in [2.75, 3.05) is 13.1 Å². The van der Waals surface area contributed by atoms with Gasteiger partial charge in [0.15, 0.2) is 0 Å².